The van der Waals surface area contributed by atoms with Crippen molar-refractivity contribution in [3.8, 4) is 11.5 Å². The molecule has 0 saturated carbocycles. The second kappa shape index (κ2) is 38.4. The smallest absolute Gasteiger partial charge is 0.329 e. The number of methoxy groups -OCH3 is 1. The zero-order chi connectivity index (χ0) is 87.1. The molecule has 0 bridgehead atoms. The highest BCUT2D eigenvalue weighted by molar-refractivity contribution is 6.01. The first-order valence-corrected chi connectivity index (χ1v) is 40.8. The summed E-state index contributed by atoms with van der Waals surface area (Å²) in [4.78, 5) is 204. The van der Waals surface area contributed by atoms with E-state index in [0.717, 1.165) is 39.6 Å². The van der Waals surface area contributed by atoms with Crippen LogP contribution in [0.3, 0.4) is 0 Å². The Labute approximate surface area is 694 Å². The van der Waals surface area contributed by atoms with Crippen molar-refractivity contribution in [1.29, 1.82) is 0 Å². The topological polar surface area (TPSA) is 432 Å². The average Bonchev–Trinajstić information content (AvgIpc) is 1.68. The highest BCUT2D eigenvalue weighted by Gasteiger charge is 2.52. The zero-order valence-electron chi connectivity index (χ0n) is 68.0. The summed E-state index contributed by atoms with van der Waals surface area (Å²) in [5, 5.41) is 42.6. The number of hydrogen-bond acceptors (Lipinski definition) is 20. The molecule has 18 atom stereocenters. The van der Waals surface area contributed by atoms with E-state index < -0.39 is 216 Å². The van der Waals surface area contributed by atoms with E-state index in [9.17, 15) is 94.9 Å². The van der Waals surface area contributed by atoms with Gasteiger partial charge in [-0.2, -0.15) is 0 Å². The molecule has 0 aliphatic carbocycles. The average molecular weight is 1690 g/mol. The maximum absolute atomic E-state index is 14.8. The Morgan fingerprint density at radius 1 is 0.479 bits per heavy atom. The molecule has 121 heavy (non-hydrogen) atoms. The van der Waals surface area contributed by atoms with Crippen molar-refractivity contribution >= 4 is 94.4 Å². The van der Waals surface area contributed by atoms with Crippen LogP contribution in [0.2, 0.25) is 0 Å². The van der Waals surface area contributed by atoms with E-state index in [2.05, 4.69) is 42.5 Å². The molecule has 13 rings (SSSR count). The largest absolute Gasteiger partial charge is 0.497 e. The molecule has 38 heteroatoms. The molecule has 652 valence electrons. The lowest BCUT2D eigenvalue weighted by Crippen LogP contribution is -2.63. The van der Waals surface area contributed by atoms with Crippen LogP contribution in [0, 0.1) is 35.1 Å². The van der Waals surface area contributed by atoms with E-state index in [1.54, 1.807) is 30.3 Å². The van der Waals surface area contributed by atoms with Crippen LogP contribution in [0.5, 0.6) is 11.5 Å². The second-order valence-electron chi connectivity index (χ2n) is 32.7. The summed E-state index contributed by atoms with van der Waals surface area (Å²) < 4.78 is 79.9. The van der Waals surface area contributed by atoms with Gasteiger partial charge in [-0.15, -0.1) is 0 Å². The molecule has 4 aromatic carbocycles. The van der Waals surface area contributed by atoms with E-state index >= 15 is 0 Å². The van der Waals surface area contributed by atoms with E-state index in [-0.39, 0.29) is 101 Å². The number of anilines is 2. The number of nitrogens with one attached hydrogen (secondary N) is 8. The van der Waals surface area contributed by atoms with E-state index in [1.165, 1.54) is 66.5 Å². The van der Waals surface area contributed by atoms with Crippen molar-refractivity contribution in [3.05, 3.63) is 119 Å². The van der Waals surface area contributed by atoms with Gasteiger partial charge in [0.2, 0.25) is 59.1 Å². The zero-order valence-corrected chi connectivity index (χ0v) is 68.0. The molecule has 8 saturated heterocycles. The van der Waals surface area contributed by atoms with Gasteiger partial charge in [-0.3, -0.25) is 47.9 Å². The van der Waals surface area contributed by atoms with Gasteiger partial charge in [0.25, 0.3) is 0 Å². The van der Waals surface area contributed by atoms with Crippen LogP contribution in [-0.4, -0.2) is 273 Å². The van der Waals surface area contributed by atoms with Crippen molar-refractivity contribution in [3.63, 3.8) is 0 Å². The number of aliphatic hydroxyl groups excluding tert-OH is 2. The maximum atomic E-state index is 14.8. The summed E-state index contributed by atoms with van der Waals surface area (Å²) in [6, 6.07) is -0.967. The van der Waals surface area contributed by atoms with Crippen LogP contribution in [0.4, 0.5) is 38.5 Å². The normalized spacial score (nSPS) is 28.5. The highest BCUT2D eigenvalue weighted by Crippen LogP contribution is 2.34. The van der Waals surface area contributed by atoms with Crippen LogP contribution in [0.1, 0.15) is 122 Å². The lowest BCUT2D eigenvalue weighted by Gasteiger charge is -2.39. The lowest BCUT2D eigenvalue weighted by molar-refractivity contribution is -0.163. The van der Waals surface area contributed by atoms with Gasteiger partial charge >= 0.3 is 24.0 Å². The predicted octanol–water partition coefficient (Wildman–Crippen LogP) is 2.37. The minimum absolute atomic E-state index is 0.0181. The van der Waals surface area contributed by atoms with Crippen LogP contribution in [0.25, 0.3) is 0 Å². The number of fused-ring (bicyclic) bond motifs is 7. The monoisotopic (exact) mass is 1690 g/mol. The molecule has 10 N–H and O–H groups in total. The number of rotatable bonds is 13. The summed E-state index contributed by atoms with van der Waals surface area (Å²) in [7, 11) is 1.46. The number of cyclic esters (lactones) is 2. The second-order valence-corrected chi connectivity index (χ2v) is 32.7. The fourth-order valence-corrected chi connectivity index (χ4v) is 17.4. The molecule has 0 radical (unpaired) electrons. The summed E-state index contributed by atoms with van der Waals surface area (Å²) >= 11 is 0. The molecule has 8 fully saturated rings. The van der Waals surface area contributed by atoms with E-state index in [0.29, 0.717) is 73.7 Å². The van der Waals surface area contributed by atoms with Gasteiger partial charge in [-0.05, 0) is 162 Å². The fourth-order valence-electron chi connectivity index (χ4n) is 17.4. The number of ether oxygens (including phenoxy) is 4. The van der Waals surface area contributed by atoms with E-state index in [1.807, 2.05) is 13.8 Å². The molecular formula is C83H102F4N14O20. The maximum Gasteiger partial charge on any atom is 0.329 e. The Morgan fingerprint density at radius 2 is 0.884 bits per heavy atom. The number of aliphatic hydroxyl groups is 2. The Morgan fingerprint density at radius 3 is 1.31 bits per heavy atom. The number of amides is 14. The number of halogens is 4. The molecule has 9 aliphatic heterocycles. The van der Waals surface area contributed by atoms with Gasteiger partial charge in [-0.25, -0.2) is 36.7 Å². The third-order valence-electron chi connectivity index (χ3n) is 23.4. The predicted molar refractivity (Wildman–Crippen MR) is 420 cm³/mol. The molecule has 9 aliphatic rings. The van der Waals surface area contributed by atoms with Crippen LogP contribution in [0.15, 0.2) is 78.9 Å². The number of hydrogen-bond donors (Lipinski definition) is 10. The molecule has 1 unspecified atom stereocenters. The number of benzene rings is 4. The standard InChI is InChI=1S/C42H51F2N7O10.C41H51F2N7O10/c1-21-12-33-41(58)61-23(3)35(40(57)51-20-29(52)18-32(51)39(56)49-10-5-4-6-31(49)37(54)45-22(2)38(55)50(33)19-21)48-36(53)30(15-24-13-26(43)16-27(44)14-24)47-42(59)46-28-8-7-25-9-11-60-34(25)17-28;1-21-13-33-40(57)60-23(3)34(47-35(52)30(16-24-14-25(42)17-26(43)15-24)46-41(58)45-27-8-10-29(59-4)11-9-27)39(56)50-20-28(51)18-32(50)38(55)48-12-6-5-7-31(48)36(53)44-22(2)37(54)49(33)19-21/h7-8,13-14,16-17,21-23,29-33,35,52H,4-6,9-12,15,18-20H2,1-3H3,(H,45,54)(H,48,53)(H2,46,47,59);8-11,14-15,17,21-23,28,30-34,51H,5-7,12-13,16,18-20H2,1-4H3,(H,44,53)(H,47,52)(H2,45,46,58)/t21-,22+,23+,29-,30+,31+,32+,33+,35+;21-,22+,23+,28-,30+,31+,32+,33?,34+/m11/s1. The number of esters is 2. The molecular weight excluding hydrogens is 1590 g/mol. The number of carbonyl (C=O) groups is 14. The van der Waals surface area contributed by atoms with E-state index in [4.69, 9.17) is 18.9 Å². The van der Waals surface area contributed by atoms with Crippen molar-refractivity contribution < 1.29 is 114 Å². The first kappa shape index (κ1) is 88.6. The Balaban J connectivity index is 0.000000222. The van der Waals surface area contributed by atoms with Gasteiger partial charge in [0.05, 0.1) is 25.9 Å². The SMILES string of the molecule is COc1ccc(NC(=O)N[C@@H](Cc2cc(F)cc(F)c2)C(=O)N[C@@H]2C(=O)N3C[C@H](O)C[C@H]3C(=O)N3CCCC[C@H]3C(=O)N[C@@H](C)C(=O)N3C[C@H](C)CC3C(=O)O[C@H]2C)cc1.C[C@@H]1C[C@H]2C(=O)O[C@@H](C)[C@H](NC(=O)[C@H](Cc3cc(F)cc(F)c3)NC(=O)Nc3ccc4c(c3)OCC4)C(=O)N3C[C@H](O)C[C@H]3C(=O)N3CCCC[C@H]3C(=O)N[C@@H](C)C(=O)N2C1. The van der Waals surface area contributed by atoms with Gasteiger partial charge < -0.3 is 101 Å². The molecule has 9 heterocycles. The van der Waals surface area contributed by atoms with Gasteiger partial charge in [-0.1, -0.05) is 19.9 Å². The third kappa shape index (κ3) is 21.0. The minimum atomic E-state index is -1.75. The minimum Gasteiger partial charge on any atom is -0.497 e. The van der Waals surface area contributed by atoms with Crippen molar-refractivity contribution in [1.82, 2.24) is 61.3 Å². The first-order valence-electron chi connectivity index (χ1n) is 40.8. The lowest BCUT2D eigenvalue weighted by atomic mass is 9.98. The molecule has 0 aromatic heterocycles. The first-order chi connectivity index (χ1) is 57.6. The third-order valence-corrected chi connectivity index (χ3v) is 23.4. The Bertz CT molecular complexity index is 4610. The summed E-state index contributed by atoms with van der Waals surface area (Å²) in [6.07, 6.45) is -2.62. The summed E-state index contributed by atoms with van der Waals surface area (Å²) in [6.45, 7) is 9.79. The highest BCUT2D eigenvalue weighted by atomic mass is 19.1. The number of urea groups is 2. The van der Waals surface area contributed by atoms with Gasteiger partial charge in [0.1, 0.15) is 119 Å². The van der Waals surface area contributed by atoms with Crippen molar-refractivity contribution in [2.24, 2.45) is 11.8 Å². The van der Waals surface area contributed by atoms with Crippen LogP contribution < -0.4 is 52.0 Å². The van der Waals surface area contributed by atoms with Crippen LogP contribution >= 0.6 is 0 Å². The molecule has 14 amide bonds. The van der Waals surface area contributed by atoms with Gasteiger partial charge in [0.15, 0.2) is 0 Å². The fraction of sp³-hybridized carbons (Fsp3) is 0.542. The van der Waals surface area contributed by atoms with Crippen molar-refractivity contribution in [2.75, 3.05) is 63.6 Å². The summed E-state index contributed by atoms with van der Waals surface area (Å²) in [5.41, 5.74) is 1.52. The number of carbonyl (C=O) groups excluding carboxylic acids is 14. The Hall–Kier alpha value is -11.7. The number of piperidine rings is 2. The van der Waals surface area contributed by atoms with Gasteiger partial charge in [0, 0.05) is 101 Å². The number of nitrogens with zero attached hydrogens (tertiary/aromatic N) is 6. The van der Waals surface area contributed by atoms with Crippen LogP contribution in [-0.2, 0) is 86.3 Å². The molecule has 34 nitrogen and oxygen atoms in total. The van der Waals surface area contributed by atoms with Crippen molar-refractivity contribution in [2.45, 2.75) is 222 Å². The summed E-state index contributed by atoms with van der Waals surface area (Å²) in [5.74, 6) is -12.2. The quantitative estimate of drug-likeness (QED) is 0.0678. The molecule has 0 spiro atoms. The Kier molecular flexibility index (Phi) is 28.1. The molecule has 4 aromatic rings.